The fourth-order valence-electron chi connectivity index (χ4n) is 2.98. The standard InChI is InChI=1S/C18H21N3O2.2ClH/c19-11-14-3-1-5-17(14)21-18(22)13-6-8-15(9-7-13)23-16-4-2-10-20-12-16;;/h2,4,6-10,12,14,17H,1,3,5,11,19H2,(H,21,22);2*1H. The van der Waals surface area contributed by atoms with Crippen LogP contribution in [-0.4, -0.2) is 23.5 Å². The fraction of sp³-hybridized carbons (Fsp3) is 0.333. The van der Waals surface area contributed by atoms with Crippen molar-refractivity contribution in [1.29, 1.82) is 0 Å². The van der Waals surface area contributed by atoms with Crippen molar-refractivity contribution in [3.05, 3.63) is 54.4 Å². The normalized spacial score (nSPS) is 18.6. The van der Waals surface area contributed by atoms with E-state index in [0.717, 1.165) is 19.3 Å². The molecular weight excluding hydrogens is 361 g/mol. The Labute approximate surface area is 160 Å². The number of rotatable bonds is 5. The van der Waals surface area contributed by atoms with Crippen molar-refractivity contribution in [2.75, 3.05) is 6.54 Å². The van der Waals surface area contributed by atoms with E-state index in [-0.39, 0.29) is 36.8 Å². The molecule has 25 heavy (non-hydrogen) atoms. The minimum Gasteiger partial charge on any atom is -0.456 e. The summed E-state index contributed by atoms with van der Waals surface area (Å²) in [6, 6.07) is 11.0. The van der Waals surface area contributed by atoms with Crippen LogP contribution in [0.5, 0.6) is 11.5 Å². The topological polar surface area (TPSA) is 77.2 Å². The molecule has 1 amide bonds. The average Bonchev–Trinajstić information content (AvgIpc) is 3.03. The molecule has 3 N–H and O–H groups in total. The van der Waals surface area contributed by atoms with Crippen LogP contribution in [0.2, 0.25) is 0 Å². The first-order valence-corrected chi connectivity index (χ1v) is 7.95. The van der Waals surface area contributed by atoms with Crippen molar-refractivity contribution in [3.8, 4) is 11.5 Å². The Kier molecular flexibility index (Phi) is 8.69. The summed E-state index contributed by atoms with van der Waals surface area (Å²) in [5.41, 5.74) is 6.39. The van der Waals surface area contributed by atoms with E-state index < -0.39 is 0 Å². The summed E-state index contributed by atoms with van der Waals surface area (Å²) in [5, 5.41) is 3.10. The number of ether oxygens (including phenoxy) is 1. The maximum absolute atomic E-state index is 12.3. The molecular formula is C18H23Cl2N3O2. The van der Waals surface area contributed by atoms with Crippen molar-refractivity contribution in [2.45, 2.75) is 25.3 Å². The molecule has 1 heterocycles. The van der Waals surface area contributed by atoms with Crippen molar-refractivity contribution < 1.29 is 9.53 Å². The van der Waals surface area contributed by atoms with Gasteiger partial charge in [0.15, 0.2) is 0 Å². The Morgan fingerprint density at radius 2 is 1.92 bits per heavy atom. The van der Waals surface area contributed by atoms with Crippen LogP contribution in [0.3, 0.4) is 0 Å². The first kappa shape index (κ1) is 21.2. The zero-order chi connectivity index (χ0) is 16.1. The molecule has 1 aromatic heterocycles. The zero-order valence-corrected chi connectivity index (χ0v) is 15.4. The lowest BCUT2D eigenvalue weighted by Gasteiger charge is -2.19. The van der Waals surface area contributed by atoms with Crippen LogP contribution in [0.1, 0.15) is 29.6 Å². The number of carbonyl (C=O) groups is 1. The molecule has 2 atom stereocenters. The molecule has 1 aliphatic rings. The summed E-state index contributed by atoms with van der Waals surface area (Å²) in [6.45, 7) is 0.628. The summed E-state index contributed by atoms with van der Waals surface area (Å²) in [5.74, 6) is 1.69. The number of hydrogen-bond donors (Lipinski definition) is 2. The quantitative estimate of drug-likeness (QED) is 0.826. The molecule has 2 aromatic rings. The van der Waals surface area contributed by atoms with Crippen LogP contribution in [0.25, 0.3) is 0 Å². The molecule has 0 aliphatic heterocycles. The minimum atomic E-state index is -0.0525. The van der Waals surface area contributed by atoms with Gasteiger partial charge in [0.05, 0.1) is 6.20 Å². The zero-order valence-electron chi connectivity index (χ0n) is 13.8. The summed E-state index contributed by atoms with van der Waals surface area (Å²) < 4.78 is 5.67. The van der Waals surface area contributed by atoms with Crippen LogP contribution in [-0.2, 0) is 0 Å². The van der Waals surface area contributed by atoms with Gasteiger partial charge in [-0.2, -0.15) is 0 Å². The van der Waals surface area contributed by atoms with Gasteiger partial charge >= 0.3 is 0 Å². The highest BCUT2D eigenvalue weighted by Crippen LogP contribution is 2.25. The Bertz CT molecular complexity index is 653. The Hall–Kier alpha value is -1.82. The number of benzene rings is 1. The van der Waals surface area contributed by atoms with Crippen molar-refractivity contribution in [2.24, 2.45) is 11.7 Å². The molecule has 3 rings (SSSR count). The predicted molar refractivity (Wildman–Crippen MR) is 103 cm³/mol. The van der Waals surface area contributed by atoms with Gasteiger partial charge in [0, 0.05) is 17.8 Å². The largest absolute Gasteiger partial charge is 0.456 e. The second-order valence-electron chi connectivity index (χ2n) is 5.82. The highest BCUT2D eigenvalue weighted by molar-refractivity contribution is 5.94. The van der Waals surface area contributed by atoms with Gasteiger partial charge in [-0.3, -0.25) is 9.78 Å². The molecule has 2 unspecified atom stereocenters. The molecule has 1 fully saturated rings. The van der Waals surface area contributed by atoms with Crippen LogP contribution in [0.4, 0.5) is 0 Å². The SMILES string of the molecule is Cl.Cl.NCC1CCCC1NC(=O)c1ccc(Oc2cccnc2)cc1. The van der Waals surface area contributed by atoms with E-state index in [2.05, 4.69) is 10.3 Å². The van der Waals surface area contributed by atoms with Gasteiger partial charge in [0.25, 0.3) is 5.91 Å². The van der Waals surface area contributed by atoms with Crippen molar-refractivity contribution in [1.82, 2.24) is 10.3 Å². The molecule has 1 aliphatic carbocycles. The van der Waals surface area contributed by atoms with E-state index in [4.69, 9.17) is 10.5 Å². The first-order chi connectivity index (χ1) is 11.3. The van der Waals surface area contributed by atoms with Gasteiger partial charge in [-0.25, -0.2) is 0 Å². The average molecular weight is 384 g/mol. The van der Waals surface area contributed by atoms with Crippen molar-refractivity contribution >= 4 is 30.7 Å². The monoisotopic (exact) mass is 383 g/mol. The van der Waals surface area contributed by atoms with Gasteiger partial charge in [-0.1, -0.05) is 6.42 Å². The third kappa shape index (κ3) is 5.59. The van der Waals surface area contributed by atoms with E-state index in [1.54, 1.807) is 36.7 Å². The molecule has 1 saturated carbocycles. The van der Waals surface area contributed by atoms with Gasteiger partial charge in [-0.15, -0.1) is 24.8 Å². The molecule has 0 bridgehead atoms. The number of pyridine rings is 1. The Morgan fingerprint density at radius 1 is 1.16 bits per heavy atom. The van der Waals surface area contributed by atoms with E-state index in [0.29, 0.717) is 29.5 Å². The number of hydrogen-bond acceptors (Lipinski definition) is 4. The lowest BCUT2D eigenvalue weighted by Crippen LogP contribution is -2.39. The highest BCUT2D eigenvalue weighted by atomic mass is 35.5. The molecule has 0 radical (unpaired) electrons. The summed E-state index contributed by atoms with van der Waals surface area (Å²) in [4.78, 5) is 16.3. The maximum Gasteiger partial charge on any atom is 0.251 e. The first-order valence-electron chi connectivity index (χ1n) is 7.95. The molecule has 1 aromatic carbocycles. The van der Waals surface area contributed by atoms with Gasteiger partial charge in [0.1, 0.15) is 11.5 Å². The van der Waals surface area contributed by atoms with Crippen molar-refractivity contribution in [3.63, 3.8) is 0 Å². The fourth-order valence-corrected chi connectivity index (χ4v) is 2.98. The van der Waals surface area contributed by atoms with Crippen LogP contribution in [0, 0.1) is 5.92 Å². The predicted octanol–water partition coefficient (Wildman–Crippen LogP) is 3.57. The molecule has 136 valence electrons. The van der Waals surface area contributed by atoms with Gasteiger partial charge in [0.2, 0.25) is 0 Å². The maximum atomic E-state index is 12.3. The molecule has 7 heteroatoms. The van der Waals surface area contributed by atoms with E-state index in [1.165, 1.54) is 0 Å². The second-order valence-corrected chi connectivity index (χ2v) is 5.82. The lowest BCUT2D eigenvalue weighted by molar-refractivity contribution is 0.0929. The van der Waals surface area contributed by atoms with Crippen LogP contribution >= 0.6 is 24.8 Å². The third-order valence-corrected chi connectivity index (χ3v) is 4.26. The number of halogens is 2. The van der Waals surface area contributed by atoms with E-state index in [9.17, 15) is 4.79 Å². The molecule has 0 saturated heterocycles. The van der Waals surface area contributed by atoms with Gasteiger partial charge in [-0.05, 0) is 61.7 Å². The summed E-state index contributed by atoms with van der Waals surface area (Å²) in [6.07, 6.45) is 6.57. The minimum absolute atomic E-state index is 0. The number of nitrogens with zero attached hydrogens (tertiary/aromatic N) is 1. The van der Waals surface area contributed by atoms with Gasteiger partial charge < -0.3 is 15.8 Å². The Balaban J connectivity index is 0.00000156. The lowest BCUT2D eigenvalue weighted by atomic mass is 10.0. The highest BCUT2D eigenvalue weighted by Gasteiger charge is 2.27. The third-order valence-electron chi connectivity index (χ3n) is 4.26. The number of nitrogens with one attached hydrogen (secondary N) is 1. The second kappa shape index (κ2) is 10.2. The number of aromatic nitrogens is 1. The number of carbonyl (C=O) groups excluding carboxylic acids is 1. The smallest absolute Gasteiger partial charge is 0.251 e. The van der Waals surface area contributed by atoms with E-state index >= 15 is 0 Å². The number of amides is 1. The number of nitrogens with two attached hydrogens (primary N) is 1. The summed E-state index contributed by atoms with van der Waals surface area (Å²) in [7, 11) is 0. The van der Waals surface area contributed by atoms with Crippen LogP contribution in [0.15, 0.2) is 48.8 Å². The van der Waals surface area contributed by atoms with Crippen LogP contribution < -0.4 is 15.8 Å². The molecule has 5 nitrogen and oxygen atoms in total. The van der Waals surface area contributed by atoms with E-state index in [1.807, 2.05) is 12.1 Å². The molecule has 0 spiro atoms. The summed E-state index contributed by atoms with van der Waals surface area (Å²) >= 11 is 0. The Morgan fingerprint density at radius 3 is 2.56 bits per heavy atom.